The van der Waals surface area contributed by atoms with Crippen molar-refractivity contribution >= 4 is 52.3 Å². The summed E-state index contributed by atoms with van der Waals surface area (Å²) in [6.45, 7) is 5.64. The van der Waals surface area contributed by atoms with Crippen molar-refractivity contribution in [1.29, 1.82) is 0 Å². The van der Waals surface area contributed by atoms with E-state index in [1.165, 1.54) is 11.8 Å². The van der Waals surface area contributed by atoms with Gasteiger partial charge in [0.25, 0.3) is 5.78 Å². The van der Waals surface area contributed by atoms with Crippen molar-refractivity contribution in [2.45, 2.75) is 31.2 Å². The number of nitrogens with zero attached hydrogens (tertiary/aromatic N) is 4. The summed E-state index contributed by atoms with van der Waals surface area (Å²) >= 11 is 13.4. The summed E-state index contributed by atoms with van der Waals surface area (Å²) in [5, 5.41) is 11.9. The molecule has 6 nitrogen and oxygen atoms in total. The van der Waals surface area contributed by atoms with Crippen LogP contribution in [0.25, 0.3) is 5.78 Å². The van der Waals surface area contributed by atoms with Crippen LogP contribution in [0.2, 0.25) is 10.0 Å². The average Bonchev–Trinajstić information content (AvgIpc) is 2.94. The van der Waals surface area contributed by atoms with Gasteiger partial charge in [0, 0.05) is 11.4 Å². The molecule has 0 aliphatic carbocycles. The molecule has 0 bridgehead atoms. The second kappa shape index (κ2) is 7.19. The molecular formula is C16H15Cl2N5OS. The first kappa shape index (κ1) is 18.0. The minimum absolute atomic E-state index is 0.205. The number of anilines is 1. The normalized spacial score (nSPS) is 12.4. The molecule has 1 aromatic carbocycles. The van der Waals surface area contributed by atoms with Crippen LogP contribution in [0.1, 0.15) is 18.3 Å². The van der Waals surface area contributed by atoms with Crippen molar-refractivity contribution in [2.75, 3.05) is 5.32 Å². The van der Waals surface area contributed by atoms with Crippen molar-refractivity contribution < 1.29 is 4.79 Å². The van der Waals surface area contributed by atoms with Crippen LogP contribution in [0.15, 0.2) is 29.4 Å². The van der Waals surface area contributed by atoms with Gasteiger partial charge in [0.15, 0.2) is 5.16 Å². The quantitative estimate of drug-likeness (QED) is 0.671. The predicted octanol–water partition coefficient (Wildman–Crippen LogP) is 4.17. The highest BCUT2D eigenvalue weighted by Crippen LogP contribution is 2.30. The maximum atomic E-state index is 12.5. The Hall–Kier alpha value is -1.83. The number of aromatic nitrogens is 4. The van der Waals surface area contributed by atoms with E-state index in [0.29, 0.717) is 26.7 Å². The summed E-state index contributed by atoms with van der Waals surface area (Å²) in [6.07, 6.45) is 0. The summed E-state index contributed by atoms with van der Waals surface area (Å²) < 4.78 is 1.83. The molecule has 2 aromatic heterocycles. The summed E-state index contributed by atoms with van der Waals surface area (Å²) in [5.41, 5.74) is 2.31. The Bertz CT molecular complexity index is 959. The number of carbonyl (C=O) groups excluding carboxylic acids is 1. The number of fused-ring (bicyclic) bond motifs is 1. The molecule has 0 radical (unpaired) electrons. The van der Waals surface area contributed by atoms with Crippen LogP contribution in [-0.4, -0.2) is 30.7 Å². The number of nitrogens with one attached hydrogen (secondary N) is 1. The topological polar surface area (TPSA) is 72.2 Å². The van der Waals surface area contributed by atoms with Crippen LogP contribution < -0.4 is 5.32 Å². The first-order valence-electron chi connectivity index (χ1n) is 7.47. The molecule has 1 N–H and O–H groups in total. The average molecular weight is 396 g/mol. The van der Waals surface area contributed by atoms with Crippen molar-refractivity contribution in [3.8, 4) is 0 Å². The molecule has 1 atom stereocenters. The van der Waals surface area contributed by atoms with Crippen molar-refractivity contribution in [3.63, 3.8) is 0 Å². The number of amides is 1. The van der Waals surface area contributed by atoms with E-state index >= 15 is 0 Å². The lowest BCUT2D eigenvalue weighted by Gasteiger charge is -2.13. The number of rotatable bonds is 4. The van der Waals surface area contributed by atoms with Gasteiger partial charge >= 0.3 is 0 Å². The molecule has 0 aliphatic rings. The van der Waals surface area contributed by atoms with Crippen LogP contribution in [0.4, 0.5) is 5.69 Å². The van der Waals surface area contributed by atoms with Gasteiger partial charge in [-0.15, -0.1) is 10.2 Å². The molecule has 130 valence electrons. The summed E-state index contributed by atoms with van der Waals surface area (Å²) in [5.74, 6) is 0.314. The maximum Gasteiger partial charge on any atom is 0.256 e. The van der Waals surface area contributed by atoms with Crippen LogP contribution in [0, 0.1) is 13.8 Å². The van der Waals surface area contributed by atoms with Crippen molar-refractivity contribution in [1.82, 2.24) is 19.6 Å². The first-order valence-corrected chi connectivity index (χ1v) is 9.11. The first-order chi connectivity index (χ1) is 11.9. The maximum absolute atomic E-state index is 12.5. The molecule has 0 spiro atoms. The van der Waals surface area contributed by atoms with Crippen molar-refractivity contribution in [3.05, 3.63) is 45.7 Å². The molecule has 2 heterocycles. The Balaban J connectivity index is 1.79. The Morgan fingerprint density at radius 1 is 1.28 bits per heavy atom. The van der Waals surface area contributed by atoms with E-state index in [9.17, 15) is 4.79 Å². The number of hydrogen-bond donors (Lipinski definition) is 1. The monoisotopic (exact) mass is 395 g/mol. The van der Waals surface area contributed by atoms with Crippen LogP contribution >= 0.6 is 35.0 Å². The molecule has 0 fully saturated rings. The molecule has 9 heteroatoms. The van der Waals surface area contributed by atoms with E-state index in [2.05, 4.69) is 20.5 Å². The highest BCUT2D eigenvalue weighted by molar-refractivity contribution is 8.00. The van der Waals surface area contributed by atoms with E-state index in [1.54, 1.807) is 25.1 Å². The third-order valence-corrected chi connectivity index (χ3v) is 5.39. The third-order valence-electron chi connectivity index (χ3n) is 3.52. The SMILES string of the molecule is Cc1cc(C)n2c(S[C@@H](C)C(=O)Nc3cccc(Cl)c3Cl)nnc2n1. The highest BCUT2D eigenvalue weighted by atomic mass is 35.5. The number of hydrogen-bond acceptors (Lipinski definition) is 5. The van der Waals surface area contributed by atoms with Crippen LogP contribution in [0.5, 0.6) is 0 Å². The molecule has 0 unspecified atom stereocenters. The zero-order valence-electron chi connectivity index (χ0n) is 13.7. The Labute approximate surface area is 158 Å². The molecule has 3 rings (SSSR count). The lowest BCUT2D eigenvalue weighted by molar-refractivity contribution is -0.115. The minimum Gasteiger partial charge on any atom is -0.324 e. The van der Waals surface area contributed by atoms with Gasteiger partial charge in [-0.2, -0.15) is 0 Å². The molecule has 0 saturated heterocycles. The van der Waals surface area contributed by atoms with Gasteiger partial charge in [-0.1, -0.05) is 41.0 Å². The Kier molecular flexibility index (Phi) is 5.17. The third kappa shape index (κ3) is 3.73. The lowest BCUT2D eigenvalue weighted by atomic mass is 10.3. The summed E-state index contributed by atoms with van der Waals surface area (Å²) in [6, 6.07) is 7.03. The second-order valence-electron chi connectivity index (χ2n) is 5.51. The zero-order valence-corrected chi connectivity index (χ0v) is 16.1. The number of thioether (sulfide) groups is 1. The smallest absolute Gasteiger partial charge is 0.256 e. The second-order valence-corrected chi connectivity index (χ2v) is 7.60. The van der Waals surface area contributed by atoms with Gasteiger partial charge in [0.2, 0.25) is 5.91 Å². The van der Waals surface area contributed by atoms with Gasteiger partial charge in [0.05, 0.1) is 21.0 Å². The number of benzene rings is 1. The Morgan fingerprint density at radius 3 is 2.80 bits per heavy atom. The highest BCUT2D eigenvalue weighted by Gasteiger charge is 2.20. The number of aryl methyl sites for hydroxylation is 2. The van der Waals surface area contributed by atoms with Crippen LogP contribution in [0.3, 0.4) is 0 Å². The minimum atomic E-state index is -0.414. The fraction of sp³-hybridized carbons (Fsp3) is 0.250. The zero-order chi connectivity index (χ0) is 18.1. The fourth-order valence-corrected chi connectivity index (χ4v) is 3.57. The number of halogens is 2. The largest absolute Gasteiger partial charge is 0.324 e. The molecule has 25 heavy (non-hydrogen) atoms. The van der Waals surface area contributed by atoms with Gasteiger partial charge in [-0.25, -0.2) is 4.98 Å². The van der Waals surface area contributed by atoms with Gasteiger partial charge in [0.1, 0.15) is 0 Å². The lowest BCUT2D eigenvalue weighted by Crippen LogP contribution is -2.23. The van der Waals surface area contributed by atoms with E-state index in [4.69, 9.17) is 23.2 Å². The van der Waals surface area contributed by atoms with Crippen LogP contribution in [-0.2, 0) is 4.79 Å². The molecule has 0 saturated carbocycles. The number of carbonyl (C=O) groups is 1. The molecular weight excluding hydrogens is 381 g/mol. The summed E-state index contributed by atoms with van der Waals surface area (Å²) in [7, 11) is 0. The Morgan fingerprint density at radius 2 is 2.04 bits per heavy atom. The molecule has 3 aromatic rings. The molecule has 0 aliphatic heterocycles. The standard InChI is InChI=1S/C16H15Cl2N5OS/c1-8-7-9(2)23-15(19-8)21-22-16(23)25-10(3)14(24)20-12-6-4-5-11(17)13(12)18/h4-7,10H,1-3H3,(H,20,24)/t10-/m0/s1. The van der Waals surface area contributed by atoms with E-state index in [-0.39, 0.29) is 5.91 Å². The van der Waals surface area contributed by atoms with E-state index in [0.717, 1.165) is 11.4 Å². The molecule has 1 amide bonds. The predicted molar refractivity (Wildman–Crippen MR) is 101 cm³/mol. The van der Waals surface area contributed by atoms with E-state index in [1.807, 2.05) is 24.3 Å². The van der Waals surface area contributed by atoms with Crippen molar-refractivity contribution in [2.24, 2.45) is 0 Å². The van der Waals surface area contributed by atoms with Gasteiger partial charge in [-0.3, -0.25) is 9.20 Å². The fourth-order valence-electron chi connectivity index (χ4n) is 2.32. The van der Waals surface area contributed by atoms with Gasteiger partial charge < -0.3 is 5.32 Å². The van der Waals surface area contributed by atoms with E-state index < -0.39 is 5.25 Å². The van der Waals surface area contributed by atoms with Gasteiger partial charge in [-0.05, 0) is 39.0 Å². The summed E-state index contributed by atoms with van der Waals surface area (Å²) in [4.78, 5) is 16.8.